The summed E-state index contributed by atoms with van der Waals surface area (Å²) in [5, 5.41) is 9.00. The van der Waals surface area contributed by atoms with Gasteiger partial charge in [0.15, 0.2) is 0 Å². The first kappa shape index (κ1) is 12.8. The molecule has 0 bridgehead atoms. The minimum absolute atomic E-state index is 0.278. The van der Waals surface area contributed by atoms with Gasteiger partial charge < -0.3 is 14.4 Å². The number of imidazole rings is 1. The number of aromatic nitrogens is 2. The van der Waals surface area contributed by atoms with Crippen LogP contribution in [0.1, 0.15) is 31.2 Å². The first-order valence-electron chi connectivity index (χ1n) is 6.19. The van der Waals surface area contributed by atoms with E-state index in [4.69, 9.17) is 9.84 Å². The van der Waals surface area contributed by atoms with Crippen LogP contribution in [0, 0.1) is 6.92 Å². The van der Waals surface area contributed by atoms with E-state index >= 15 is 0 Å². The van der Waals surface area contributed by atoms with Gasteiger partial charge in [-0.05, 0) is 25.8 Å². The molecule has 1 unspecified atom stereocenters. The maximum Gasteiger partial charge on any atom is 0.331 e. The van der Waals surface area contributed by atoms with Gasteiger partial charge in [-0.3, -0.25) is 0 Å². The average Bonchev–Trinajstić information content (AvgIpc) is 2.61. The third kappa shape index (κ3) is 2.61. The Kier molecular flexibility index (Phi) is 3.81. The first-order chi connectivity index (χ1) is 8.61. The van der Waals surface area contributed by atoms with Gasteiger partial charge >= 0.3 is 5.97 Å². The highest BCUT2D eigenvalue weighted by molar-refractivity contribution is 5.91. The van der Waals surface area contributed by atoms with Crippen molar-refractivity contribution in [2.24, 2.45) is 0 Å². The number of rotatable bonds is 5. The SMILES string of the molecule is CC/C(=C\c1ncn(CC2CCO2)c1C)C(=O)O. The Morgan fingerprint density at radius 3 is 2.94 bits per heavy atom. The van der Waals surface area contributed by atoms with Gasteiger partial charge in [0.2, 0.25) is 0 Å². The predicted molar refractivity (Wildman–Crippen MR) is 67.2 cm³/mol. The molecule has 1 atom stereocenters. The average molecular weight is 250 g/mol. The second kappa shape index (κ2) is 5.35. The molecule has 1 fully saturated rings. The lowest BCUT2D eigenvalue weighted by molar-refractivity contribution is -0.132. The van der Waals surface area contributed by atoms with Crippen molar-refractivity contribution in [3.8, 4) is 0 Å². The van der Waals surface area contributed by atoms with E-state index in [-0.39, 0.29) is 6.10 Å². The molecule has 0 radical (unpaired) electrons. The molecule has 18 heavy (non-hydrogen) atoms. The molecule has 1 aliphatic rings. The highest BCUT2D eigenvalue weighted by atomic mass is 16.5. The van der Waals surface area contributed by atoms with E-state index in [0.29, 0.717) is 12.0 Å². The molecule has 2 heterocycles. The number of carbonyl (C=O) groups is 1. The van der Waals surface area contributed by atoms with Gasteiger partial charge in [0.25, 0.3) is 0 Å². The highest BCUT2D eigenvalue weighted by Gasteiger charge is 2.19. The molecule has 1 N–H and O–H groups in total. The standard InChI is InChI=1S/C13H18N2O3/c1-3-10(13(16)17)6-12-9(2)15(8-14-12)7-11-4-5-18-11/h6,8,11H,3-5,7H2,1-2H3,(H,16,17)/b10-6+. The molecule has 1 aromatic rings. The summed E-state index contributed by atoms with van der Waals surface area (Å²) in [5.74, 6) is -0.881. The van der Waals surface area contributed by atoms with Crippen LogP contribution in [0.5, 0.6) is 0 Å². The van der Waals surface area contributed by atoms with Crippen molar-refractivity contribution in [3.63, 3.8) is 0 Å². The minimum Gasteiger partial charge on any atom is -0.478 e. The highest BCUT2D eigenvalue weighted by Crippen LogP contribution is 2.17. The molecule has 0 amide bonds. The minimum atomic E-state index is -0.881. The first-order valence-corrected chi connectivity index (χ1v) is 6.19. The predicted octanol–water partition coefficient (Wildman–Crippen LogP) is 1.86. The number of hydrogen-bond donors (Lipinski definition) is 1. The van der Waals surface area contributed by atoms with E-state index in [1.807, 2.05) is 18.4 Å². The van der Waals surface area contributed by atoms with Crippen LogP contribution in [0.2, 0.25) is 0 Å². The third-order valence-electron chi connectivity index (χ3n) is 3.30. The molecule has 0 aliphatic carbocycles. The largest absolute Gasteiger partial charge is 0.478 e. The number of hydrogen-bond acceptors (Lipinski definition) is 3. The Balaban J connectivity index is 2.16. The van der Waals surface area contributed by atoms with Crippen LogP contribution in [0.15, 0.2) is 11.9 Å². The monoisotopic (exact) mass is 250 g/mol. The Labute approximate surface area is 106 Å². The molecule has 1 aliphatic heterocycles. The number of carboxylic acids is 1. The van der Waals surface area contributed by atoms with Crippen LogP contribution in [-0.4, -0.2) is 33.3 Å². The molecule has 0 saturated carbocycles. The quantitative estimate of drug-likeness (QED) is 0.810. The number of nitrogens with zero attached hydrogens (tertiary/aromatic N) is 2. The summed E-state index contributed by atoms with van der Waals surface area (Å²) < 4.78 is 7.40. The second-order valence-corrected chi connectivity index (χ2v) is 4.48. The summed E-state index contributed by atoms with van der Waals surface area (Å²) in [7, 11) is 0. The summed E-state index contributed by atoms with van der Waals surface area (Å²) in [6.07, 6.45) is 5.25. The lowest BCUT2D eigenvalue weighted by Gasteiger charge is -2.27. The smallest absolute Gasteiger partial charge is 0.331 e. The van der Waals surface area contributed by atoms with Gasteiger partial charge in [-0.1, -0.05) is 6.92 Å². The molecule has 1 saturated heterocycles. The van der Waals surface area contributed by atoms with Crippen LogP contribution in [0.4, 0.5) is 0 Å². The molecule has 5 heteroatoms. The summed E-state index contributed by atoms with van der Waals surface area (Å²) in [4.78, 5) is 15.2. The lowest BCUT2D eigenvalue weighted by Crippen LogP contribution is -2.31. The van der Waals surface area contributed by atoms with Crippen LogP contribution >= 0.6 is 0 Å². The summed E-state index contributed by atoms with van der Waals surface area (Å²) in [5.41, 5.74) is 2.09. The van der Waals surface area contributed by atoms with Crippen molar-refractivity contribution in [1.82, 2.24) is 9.55 Å². The zero-order chi connectivity index (χ0) is 13.1. The Hall–Kier alpha value is -1.62. The Morgan fingerprint density at radius 1 is 1.72 bits per heavy atom. The Morgan fingerprint density at radius 2 is 2.44 bits per heavy atom. The van der Waals surface area contributed by atoms with Crippen LogP contribution in [-0.2, 0) is 16.1 Å². The molecular weight excluding hydrogens is 232 g/mol. The van der Waals surface area contributed by atoms with Gasteiger partial charge in [-0.25, -0.2) is 9.78 Å². The van der Waals surface area contributed by atoms with E-state index in [1.54, 1.807) is 12.4 Å². The van der Waals surface area contributed by atoms with Gasteiger partial charge in [0.1, 0.15) is 0 Å². The summed E-state index contributed by atoms with van der Waals surface area (Å²) in [6.45, 7) is 5.41. The molecule has 0 aromatic carbocycles. The van der Waals surface area contributed by atoms with Crippen molar-refractivity contribution in [1.29, 1.82) is 0 Å². The molecular formula is C13H18N2O3. The van der Waals surface area contributed by atoms with Gasteiger partial charge in [-0.2, -0.15) is 0 Å². The van der Waals surface area contributed by atoms with Gasteiger partial charge in [0, 0.05) is 17.9 Å². The third-order valence-corrected chi connectivity index (χ3v) is 3.30. The molecule has 1 aromatic heterocycles. The number of ether oxygens (including phenoxy) is 1. The fraction of sp³-hybridized carbons (Fsp3) is 0.538. The van der Waals surface area contributed by atoms with Crippen molar-refractivity contribution in [2.75, 3.05) is 6.61 Å². The maximum atomic E-state index is 11.0. The zero-order valence-corrected chi connectivity index (χ0v) is 10.7. The van der Waals surface area contributed by atoms with Crippen LogP contribution in [0.25, 0.3) is 6.08 Å². The van der Waals surface area contributed by atoms with Crippen LogP contribution < -0.4 is 0 Å². The van der Waals surface area contributed by atoms with Crippen LogP contribution in [0.3, 0.4) is 0 Å². The maximum absolute atomic E-state index is 11.0. The normalized spacial score (nSPS) is 19.7. The second-order valence-electron chi connectivity index (χ2n) is 4.48. The van der Waals surface area contributed by atoms with Crippen molar-refractivity contribution in [3.05, 3.63) is 23.3 Å². The molecule has 2 rings (SSSR count). The summed E-state index contributed by atoms with van der Waals surface area (Å²) in [6, 6.07) is 0. The summed E-state index contributed by atoms with van der Waals surface area (Å²) >= 11 is 0. The lowest BCUT2D eigenvalue weighted by atomic mass is 10.1. The van der Waals surface area contributed by atoms with E-state index in [9.17, 15) is 4.79 Å². The molecule has 98 valence electrons. The van der Waals surface area contributed by atoms with Gasteiger partial charge in [0.05, 0.1) is 24.7 Å². The molecule has 0 spiro atoms. The fourth-order valence-electron chi connectivity index (χ4n) is 1.91. The van der Waals surface area contributed by atoms with E-state index < -0.39 is 5.97 Å². The van der Waals surface area contributed by atoms with E-state index in [1.165, 1.54) is 0 Å². The van der Waals surface area contributed by atoms with E-state index in [0.717, 1.165) is 31.0 Å². The van der Waals surface area contributed by atoms with Crippen molar-refractivity contribution < 1.29 is 14.6 Å². The Bertz CT molecular complexity index is 473. The molecule has 5 nitrogen and oxygen atoms in total. The van der Waals surface area contributed by atoms with Gasteiger partial charge in [-0.15, -0.1) is 0 Å². The number of carboxylic acid groups (broad SMARTS) is 1. The fourth-order valence-corrected chi connectivity index (χ4v) is 1.91. The topological polar surface area (TPSA) is 64.4 Å². The number of aliphatic carboxylic acids is 1. The van der Waals surface area contributed by atoms with Crippen molar-refractivity contribution in [2.45, 2.75) is 39.3 Å². The van der Waals surface area contributed by atoms with Crippen molar-refractivity contribution >= 4 is 12.0 Å². The zero-order valence-electron chi connectivity index (χ0n) is 10.7. The van der Waals surface area contributed by atoms with E-state index in [2.05, 4.69) is 4.98 Å².